The molecule has 1 amide bonds. The summed E-state index contributed by atoms with van der Waals surface area (Å²) in [5.74, 6) is 0.131. The SMILES string of the molecule is CC(CCO)CNC(=O)[C@H](N)Cc1ccccc1. The summed E-state index contributed by atoms with van der Waals surface area (Å²) in [6, 6.07) is 9.20. The van der Waals surface area contributed by atoms with Crippen LogP contribution < -0.4 is 11.1 Å². The highest BCUT2D eigenvalue weighted by atomic mass is 16.3. The van der Waals surface area contributed by atoms with E-state index in [1.54, 1.807) is 0 Å². The van der Waals surface area contributed by atoms with Gasteiger partial charge in [-0.15, -0.1) is 0 Å². The lowest BCUT2D eigenvalue weighted by Gasteiger charge is -2.15. The molecule has 0 fully saturated rings. The molecule has 0 aliphatic heterocycles. The number of hydrogen-bond acceptors (Lipinski definition) is 3. The third-order valence-electron chi connectivity index (χ3n) is 2.88. The van der Waals surface area contributed by atoms with Crippen LogP contribution in [0.25, 0.3) is 0 Å². The minimum absolute atomic E-state index is 0.136. The highest BCUT2D eigenvalue weighted by molar-refractivity contribution is 5.81. The summed E-state index contributed by atoms with van der Waals surface area (Å²) in [4.78, 5) is 11.8. The number of carbonyl (C=O) groups excluding carboxylic acids is 1. The van der Waals surface area contributed by atoms with Crippen molar-refractivity contribution in [1.82, 2.24) is 5.32 Å². The molecule has 1 aromatic rings. The van der Waals surface area contributed by atoms with Crippen molar-refractivity contribution in [3.63, 3.8) is 0 Å². The van der Waals surface area contributed by atoms with Gasteiger partial charge in [0.1, 0.15) is 0 Å². The van der Waals surface area contributed by atoms with Crippen molar-refractivity contribution in [3.05, 3.63) is 35.9 Å². The highest BCUT2D eigenvalue weighted by Gasteiger charge is 2.14. The molecule has 0 saturated carbocycles. The normalized spacial score (nSPS) is 13.9. The van der Waals surface area contributed by atoms with Crippen LogP contribution in [0.15, 0.2) is 30.3 Å². The molecule has 1 aromatic carbocycles. The molecule has 2 atom stereocenters. The van der Waals surface area contributed by atoms with Crippen LogP contribution in [-0.2, 0) is 11.2 Å². The first kappa shape index (κ1) is 14.7. The molecule has 0 heterocycles. The Kier molecular flexibility index (Phi) is 6.39. The molecule has 4 nitrogen and oxygen atoms in total. The molecule has 1 unspecified atom stereocenters. The first-order valence-electron chi connectivity index (χ1n) is 6.31. The molecular weight excluding hydrogens is 228 g/mol. The fraction of sp³-hybridized carbons (Fsp3) is 0.500. The average molecular weight is 250 g/mol. The molecule has 4 heteroatoms. The van der Waals surface area contributed by atoms with Gasteiger partial charge in [0.15, 0.2) is 0 Å². The third-order valence-corrected chi connectivity index (χ3v) is 2.88. The predicted octanol–water partition coefficient (Wildman–Crippen LogP) is 0.691. The van der Waals surface area contributed by atoms with Gasteiger partial charge in [0.05, 0.1) is 6.04 Å². The minimum Gasteiger partial charge on any atom is -0.396 e. The van der Waals surface area contributed by atoms with Crippen molar-refractivity contribution in [2.45, 2.75) is 25.8 Å². The number of hydrogen-bond donors (Lipinski definition) is 3. The molecule has 0 bridgehead atoms. The van der Waals surface area contributed by atoms with Gasteiger partial charge in [-0.2, -0.15) is 0 Å². The van der Waals surface area contributed by atoms with Crippen LogP contribution in [-0.4, -0.2) is 30.2 Å². The summed E-state index contributed by atoms with van der Waals surface area (Å²) < 4.78 is 0. The Bertz CT molecular complexity index is 354. The van der Waals surface area contributed by atoms with E-state index in [4.69, 9.17) is 10.8 Å². The second-order valence-corrected chi connectivity index (χ2v) is 4.66. The van der Waals surface area contributed by atoms with Crippen molar-refractivity contribution in [3.8, 4) is 0 Å². The highest BCUT2D eigenvalue weighted by Crippen LogP contribution is 2.02. The topological polar surface area (TPSA) is 75.3 Å². The Morgan fingerprint density at radius 1 is 1.39 bits per heavy atom. The lowest BCUT2D eigenvalue weighted by molar-refractivity contribution is -0.122. The zero-order chi connectivity index (χ0) is 13.4. The van der Waals surface area contributed by atoms with Gasteiger partial charge in [-0.3, -0.25) is 4.79 Å². The quantitative estimate of drug-likeness (QED) is 0.666. The average Bonchev–Trinajstić information content (AvgIpc) is 2.37. The van der Waals surface area contributed by atoms with Crippen LogP contribution >= 0.6 is 0 Å². The fourth-order valence-electron chi connectivity index (χ4n) is 1.69. The van der Waals surface area contributed by atoms with Crippen LogP contribution in [0.5, 0.6) is 0 Å². The van der Waals surface area contributed by atoms with E-state index >= 15 is 0 Å². The number of nitrogens with one attached hydrogen (secondary N) is 1. The number of rotatable bonds is 7. The summed E-state index contributed by atoms with van der Waals surface area (Å²) >= 11 is 0. The van der Waals surface area contributed by atoms with Crippen LogP contribution in [0.2, 0.25) is 0 Å². The van der Waals surface area contributed by atoms with E-state index in [1.165, 1.54) is 0 Å². The molecule has 0 aliphatic rings. The minimum atomic E-state index is -0.520. The number of aliphatic hydroxyl groups excluding tert-OH is 1. The van der Waals surface area contributed by atoms with E-state index in [1.807, 2.05) is 37.3 Å². The number of benzene rings is 1. The predicted molar refractivity (Wildman–Crippen MR) is 72.0 cm³/mol. The molecular formula is C14H22N2O2. The van der Waals surface area contributed by atoms with Gasteiger partial charge >= 0.3 is 0 Å². The maximum atomic E-state index is 11.8. The van der Waals surface area contributed by atoms with E-state index < -0.39 is 6.04 Å². The van der Waals surface area contributed by atoms with Crippen LogP contribution in [0, 0.1) is 5.92 Å². The Morgan fingerprint density at radius 3 is 2.67 bits per heavy atom. The van der Waals surface area contributed by atoms with Crippen molar-refractivity contribution in [2.75, 3.05) is 13.2 Å². The molecule has 4 N–H and O–H groups in total. The van der Waals surface area contributed by atoms with Crippen LogP contribution in [0.3, 0.4) is 0 Å². The zero-order valence-electron chi connectivity index (χ0n) is 10.8. The monoisotopic (exact) mass is 250 g/mol. The van der Waals surface area contributed by atoms with Gasteiger partial charge in [0.2, 0.25) is 5.91 Å². The Labute approximate surface area is 108 Å². The molecule has 100 valence electrons. The van der Waals surface area contributed by atoms with Gasteiger partial charge in [-0.05, 0) is 24.3 Å². The first-order valence-corrected chi connectivity index (χ1v) is 6.31. The Morgan fingerprint density at radius 2 is 2.06 bits per heavy atom. The number of aliphatic hydroxyl groups is 1. The van der Waals surface area contributed by atoms with E-state index in [0.717, 1.165) is 5.56 Å². The molecule has 0 saturated heterocycles. The first-order chi connectivity index (χ1) is 8.63. The van der Waals surface area contributed by atoms with E-state index in [-0.39, 0.29) is 18.4 Å². The number of amides is 1. The Hall–Kier alpha value is -1.39. The number of carbonyl (C=O) groups is 1. The molecule has 0 spiro atoms. The summed E-state index contributed by atoms with van der Waals surface area (Å²) in [6.45, 7) is 2.69. The molecule has 0 aromatic heterocycles. The summed E-state index contributed by atoms with van der Waals surface area (Å²) in [5, 5.41) is 11.6. The van der Waals surface area contributed by atoms with Crippen molar-refractivity contribution >= 4 is 5.91 Å². The fourth-order valence-corrected chi connectivity index (χ4v) is 1.69. The maximum absolute atomic E-state index is 11.8. The van der Waals surface area contributed by atoms with Gasteiger partial charge in [0, 0.05) is 13.2 Å². The van der Waals surface area contributed by atoms with E-state index in [2.05, 4.69) is 5.32 Å². The number of nitrogens with two attached hydrogens (primary N) is 1. The zero-order valence-corrected chi connectivity index (χ0v) is 10.8. The van der Waals surface area contributed by atoms with Gasteiger partial charge in [-0.1, -0.05) is 37.3 Å². The standard InChI is InChI=1S/C14H22N2O2/c1-11(7-8-17)10-16-14(18)13(15)9-12-5-3-2-4-6-12/h2-6,11,13,17H,7-10,15H2,1H3,(H,16,18)/t11?,13-/m1/s1. The van der Waals surface area contributed by atoms with Crippen molar-refractivity contribution in [1.29, 1.82) is 0 Å². The summed E-state index contributed by atoms with van der Waals surface area (Å²) in [6.07, 6.45) is 1.23. The van der Waals surface area contributed by atoms with Gasteiger partial charge < -0.3 is 16.2 Å². The van der Waals surface area contributed by atoms with Gasteiger partial charge in [-0.25, -0.2) is 0 Å². The Balaban J connectivity index is 2.33. The van der Waals surface area contributed by atoms with Crippen molar-refractivity contribution < 1.29 is 9.90 Å². The maximum Gasteiger partial charge on any atom is 0.237 e. The molecule has 0 aliphatic carbocycles. The molecule has 18 heavy (non-hydrogen) atoms. The molecule has 0 radical (unpaired) electrons. The third kappa shape index (κ3) is 5.29. The largest absolute Gasteiger partial charge is 0.396 e. The smallest absolute Gasteiger partial charge is 0.237 e. The van der Waals surface area contributed by atoms with Crippen LogP contribution in [0.4, 0.5) is 0 Å². The van der Waals surface area contributed by atoms with Crippen molar-refractivity contribution in [2.24, 2.45) is 11.7 Å². The second-order valence-electron chi connectivity index (χ2n) is 4.66. The summed E-state index contributed by atoms with van der Waals surface area (Å²) in [5.41, 5.74) is 6.91. The van der Waals surface area contributed by atoms with Gasteiger partial charge in [0.25, 0.3) is 0 Å². The molecule has 1 rings (SSSR count). The lowest BCUT2D eigenvalue weighted by Crippen LogP contribution is -2.43. The summed E-state index contributed by atoms with van der Waals surface area (Å²) in [7, 11) is 0. The lowest BCUT2D eigenvalue weighted by atomic mass is 10.1. The van der Waals surface area contributed by atoms with Crippen LogP contribution in [0.1, 0.15) is 18.9 Å². The van der Waals surface area contributed by atoms with E-state index in [9.17, 15) is 4.79 Å². The second kappa shape index (κ2) is 7.84. The van der Waals surface area contributed by atoms with E-state index in [0.29, 0.717) is 19.4 Å².